The number of fused-ring (bicyclic) bond motifs is 4. The zero-order valence-corrected chi connectivity index (χ0v) is 45.7. The average Bonchev–Trinajstić information content (AvgIpc) is 4.36. The van der Waals surface area contributed by atoms with Crippen LogP contribution < -0.4 is 5.32 Å². The van der Waals surface area contributed by atoms with Gasteiger partial charge in [-0.3, -0.25) is 0 Å². The third-order valence-corrected chi connectivity index (χ3v) is 17.3. The lowest BCUT2D eigenvalue weighted by Gasteiger charge is -2.54. The number of hydrogen-bond acceptors (Lipinski definition) is 15. The minimum atomic E-state index is -1.49. The van der Waals surface area contributed by atoms with Crippen LogP contribution in [0.1, 0.15) is 88.0 Å². The number of amides is 1. The van der Waals surface area contributed by atoms with Crippen molar-refractivity contribution in [3.8, 4) is 11.1 Å². The standard InChI is InChI=1S/C63H75NO15/c1-7-63-36-71-60(55(63)78-58(79-63)43-25-15-10-16-26-43)75-51-37(2)32-69-59(53(51)68-33-41-21-11-8-12-22-41)77-54-40(5)73-57(39(4)62(54,6)72-34-42-23-13-9-14-24-42)76-52-38(3)50(49(31-65)74-56(52)66)64-61(67)70-35-48-46-29-19-17-27-44(46)45-28-18-20-30-47(45)48/h8-30,37-40,48-60,65-66H,7,31-36H2,1-6H3,(H,64,67)/t37-,38?,39-,40?,49?,50+,51?,52-,53-,54-,55?,56+,57-,58+,59-,60-,62?,63+/m1/s1. The topological polar surface area (TPSA) is 180 Å². The monoisotopic (exact) mass is 1090 g/mol. The Morgan fingerprint density at radius 3 is 1.97 bits per heavy atom. The van der Waals surface area contributed by atoms with Crippen molar-refractivity contribution >= 4 is 6.09 Å². The summed E-state index contributed by atoms with van der Waals surface area (Å²) in [6, 6.07) is 45.1. The number of rotatable bonds is 18. The number of aliphatic hydroxyl groups excluding tert-OH is 2. The van der Waals surface area contributed by atoms with Gasteiger partial charge in [-0.15, -0.1) is 0 Å². The number of benzene rings is 5. The van der Waals surface area contributed by atoms with Crippen LogP contribution in [-0.4, -0.2) is 128 Å². The van der Waals surface area contributed by atoms with Gasteiger partial charge in [0.25, 0.3) is 0 Å². The quantitative estimate of drug-likeness (QED) is 0.0756. The fraction of sp³-hybridized carbons (Fsp3) is 0.508. The number of ether oxygens (including phenoxy) is 12. The average molecular weight is 1090 g/mol. The molecule has 0 aromatic heterocycles. The summed E-state index contributed by atoms with van der Waals surface area (Å²) in [4.78, 5) is 13.8. The Balaban J connectivity index is 0.820. The zero-order valence-electron chi connectivity index (χ0n) is 45.7. The largest absolute Gasteiger partial charge is 0.449 e. The summed E-state index contributed by atoms with van der Waals surface area (Å²) in [6.07, 6.45) is -10.2. The van der Waals surface area contributed by atoms with Crippen LogP contribution in [0, 0.1) is 17.8 Å². The van der Waals surface area contributed by atoms with Gasteiger partial charge in [-0.25, -0.2) is 4.79 Å². The number of alkyl carbamates (subject to hydrolysis) is 1. The summed E-state index contributed by atoms with van der Waals surface area (Å²) in [6.45, 7) is 12.5. The molecule has 6 aliphatic rings. The summed E-state index contributed by atoms with van der Waals surface area (Å²) in [5, 5.41) is 25.1. The molecule has 0 saturated carbocycles. The smallest absolute Gasteiger partial charge is 0.407 e. The van der Waals surface area contributed by atoms with Gasteiger partial charge in [0, 0.05) is 29.2 Å². The molecule has 5 saturated heterocycles. The molecule has 0 bridgehead atoms. The maximum Gasteiger partial charge on any atom is 0.407 e. The molecular formula is C63H75NO15. The molecule has 11 rings (SSSR count). The van der Waals surface area contributed by atoms with Gasteiger partial charge in [-0.1, -0.05) is 167 Å². The first-order chi connectivity index (χ1) is 38.4. The first-order valence-electron chi connectivity index (χ1n) is 28.0. The minimum Gasteiger partial charge on any atom is -0.449 e. The number of aliphatic hydroxyl groups is 2. The van der Waals surface area contributed by atoms with Crippen LogP contribution in [0.5, 0.6) is 0 Å². The molecule has 18 atom stereocenters. The highest BCUT2D eigenvalue weighted by Crippen LogP contribution is 2.49. The lowest BCUT2D eigenvalue weighted by Crippen LogP contribution is -2.67. The second kappa shape index (κ2) is 24.1. The molecule has 16 heteroatoms. The van der Waals surface area contributed by atoms with Gasteiger partial charge >= 0.3 is 6.09 Å². The summed E-state index contributed by atoms with van der Waals surface area (Å²) in [5.74, 6) is -1.49. The van der Waals surface area contributed by atoms with E-state index < -0.39 is 116 Å². The van der Waals surface area contributed by atoms with Gasteiger partial charge < -0.3 is 72.4 Å². The van der Waals surface area contributed by atoms with E-state index in [1.165, 1.54) is 0 Å². The highest BCUT2D eigenvalue weighted by atomic mass is 16.8. The van der Waals surface area contributed by atoms with Gasteiger partial charge in [0.1, 0.15) is 48.3 Å². The van der Waals surface area contributed by atoms with Crippen molar-refractivity contribution in [2.75, 3.05) is 26.4 Å². The van der Waals surface area contributed by atoms with E-state index in [1.807, 2.05) is 143 Å². The predicted molar refractivity (Wildman–Crippen MR) is 289 cm³/mol. The Morgan fingerprint density at radius 1 is 0.696 bits per heavy atom. The molecule has 0 spiro atoms. The summed E-state index contributed by atoms with van der Waals surface area (Å²) in [5.41, 5.74) is 5.36. The Bertz CT molecular complexity index is 2750. The van der Waals surface area contributed by atoms with Crippen molar-refractivity contribution in [1.82, 2.24) is 5.32 Å². The Hall–Kier alpha value is -5.15. The second-order valence-corrected chi connectivity index (χ2v) is 22.3. The van der Waals surface area contributed by atoms with E-state index in [1.54, 1.807) is 0 Å². The lowest BCUT2D eigenvalue weighted by atomic mass is 9.79. The molecule has 0 radical (unpaired) electrons. The van der Waals surface area contributed by atoms with Gasteiger partial charge in [0.05, 0.1) is 51.3 Å². The van der Waals surface area contributed by atoms with E-state index in [2.05, 4.69) is 43.4 Å². The van der Waals surface area contributed by atoms with Crippen molar-refractivity contribution in [2.24, 2.45) is 17.8 Å². The van der Waals surface area contributed by atoms with Crippen LogP contribution >= 0.6 is 0 Å². The fourth-order valence-electron chi connectivity index (χ4n) is 12.5. The molecule has 79 heavy (non-hydrogen) atoms. The van der Waals surface area contributed by atoms with Gasteiger partial charge in [0.2, 0.25) is 0 Å². The van der Waals surface area contributed by atoms with Crippen molar-refractivity contribution in [3.63, 3.8) is 0 Å². The first-order valence-corrected chi connectivity index (χ1v) is 28.0. The third-order valence-electron chi connectivity index (χ3n) is 17.3. The van der Waals surface area contributed by atoms with Crippen molar-refractivity contribution < 1.29 is 71.8 Å². The van der Waals surface area contributed by atoms with Crippen LogP contribution in [0.25, 0.3) is 11.1 Å². The van der Waals surface area contributed by atoms with Crippen molar-refractivity contribution in [3.05, 3.63) is 167 Å². The molecule has 5 fully saturated rings. The fourth-order valence-corrected chi connectivity index (χ4v) is 12.5. The number of carbonyl (C=O) groups is 1. The molecule has 1 amide bonds. The van der Waals surface area contributed by atoms with Crippen molar-refractivity contribution in [2.45, 2.75) is 159 Å². The number of nitrogens with one attached hydrogen (secondary N) is 1. The van der Waals surface area contributed by atoms with E-state index in [-0.39, 0.29) is 38.3 Å². The summed E-state index contributed by atoms with van der Waals surface area (Å²) >= 11 is 0. The Kier molecular flexibility index (Phi) is 17.0. The van der Waals surface area contributed by atoms with E-state index in [4.69, 9.17) is 56.8 Å². The van der Waals surface area contributed by atoms with E-state index in [9.17, 15) is 15.0 Å². The van der Waals surface area contributed by atoms with E-state index in [0.717, 1.165) is 38.9 Å². The van der Waals surface area contributed by atoms with Gasteiger partial charge in [-0.05, 0) is 53.6 Å². The van der Waals surface area contributed by atoms with Crippen LogP contribution in [0.2, 0.25) is 0 Å². The van der Waals surface area contributed by atoms with E-state index >= 15 is 0 Å². The minimum absolute atomic E-state index is 0.0950. The molecule has 5 aromatic carbocycles. The number of carbonyl (C=O) groups excluding carboxylic acids is 1. The summed E-state index contributed by atoms with van der Waals surface area (Å²) < 4.78 is 80.3. The Morgan fingerprint density at radius 2 is 1.32 bits per heavy atom. The zero-order chi connectivity index (χ0) is 54.8. The van der Waals surface area contributed by atoms with E-state index in [0.29, 0.717) is 13.0 Å². The molecule has 6 unspecified atom stereocenters. The van der Waals surface area contributed by atoms with Gasteiger partial charge in [0.15, 0.2) is 31.5 Å². The van der Waals surface area contributed by atoms with Crippen molar-refractivity contribution in [1.29, 1.82) is 0 Å². The molecule has 3 N–H and O–H groups in total. The summed E-state index contributed by atoms with van der Waals surface area (Å²) in [7, 11) is 0. The highest BCUT2D eigenvalue weighted by molar-refractivity contribution is 5.79. The number of hydrogen-bond donors (Lipinski definition) is 3. The maximum atomic E-state index is 13.8. The molecule has 5 heterocycles. The molecule has 1 aliphatic carbocycles. The van der Waals surface area contributed by atoms with Crippen LogP contribution in [-0.2, 0) is 70.1 Å². The molecule has 5 aromatic rings. The molecular weight excluding hydrogens is 1010 g/mol. The lowest BCUT2D eigenvalue weighted by molar-refractivity contribution is -0.383. The van der Waals surface area contributed by atoms with Gasteiger partial charge in [-0.2, -0.15) is 0 Å². The van der Waals surface area contributed by atoms with Crippen LogP contribution in [0.4, 0.5) is 4.79 Å². The van der Waals surface area contributed by atoms with Crippen LogP contribution in [0.3, 0.4) is 0 Å². The molecule has 5 aliphatic heterocycles. The Labute approximate surface area is 462 Å². The molecule has 16 nitrogen and oxygen atoms in total. The highest BCUT2D eigenvalue weighted by Gasteiger charge is 2.61. The maximum absolute atomic E-state index is 13.8. The second-order valence-electron chi connectivity index (χ2n) is 22.3. The molecule has 422 valence electrons. The normalized spacial score (nSPS) is 36.1. The SMILES string of the molecule is CC[C@]12CO[C@H](OC3[C@H](C)CO[C@H](O[C@@H]4C(C)O[C@H](O[C@@H]5C(C)[C@H](NC(=O)OCC6c7ccccc7-c7ccccc76)C(CO)O[C@@H]5O)[C@@H](C)C4(C)OCc4ccccc4)[C@@H]3OCc3ccccc3)C1O[C@H](c1ccccc1)O2. The first kappa shape index (κ1) is 55.7. The third kappa shape index (κ3) is 11.3. The predicted octanol–water partition coefficient (Wildman–Crippen LogP) is 8.95. The van der Waals surface area contributed by atoms with Crippen LogP contribution in [0.15, 0.2) is 140 Å².